The third-order valence-electron chi connectivity index (χ3n) is 5.77. The van der Waals surface area contributed by atoms with E-state index in [1.807, 2.05) is 0 Å². The van der Waals surface area contributed by atoms with Gasteiger partial charge in [-0.1, -0.05) is 12.8 Å². The molecule has 3 N–H and O–H groups in total. The summed E-state index contributed by atoms with van der Waals surface area (Å²) in [6.07, 6.45) is 4.14. The molecule has 0 unspecified atom stereocenters. The van der Waals surface area contributed by atoms with Gasteiger partial charge < -0.3 is 15.5 Å². The van der Waals surface area contributed by atoms with E-state index >= 15 is 0 Å². The summed E-state index contributed by atoms with van der Waals surface area (Å²) in [5.74, 6) is -0.701. The Labute approximate surface area is 182 Å². The molecule has 31 heavy (non-hydrogen) atoms. The molecule has 2 aromatic carbocycles. The molecule has 0 aromatic heterocycles. The fraction of sp³-hybridized carbons (Fsp3) is 0.409. The van der Waals surface area contributed by atoms with Gasteiger partial charge in [0.2, 0.25) is 0 Å². The van der Waals surface area contributed by atoms with Gasteiger partial charge in [-0.05, 0) is 55.3 Å². The molecule has 1 aliphatic heterocycles. The van der Waals surface area contributed by atoms with Gasteiger partial charge in [0.1, 0.15) is 5.82 Å². The number of piperazine rings is 1. The fourth-order valence-electron chi connectivity index (χ4n) is 4.12. The van der Waals surface area contributed by atoms with Crippen LogP contribution in [0, 0.1) is 5.82 Å². The smallest absolute Gasteiger partial charge is 0.261 e. The Balaban J connectivity index is 1.62. The molecule has 0 atom stereocenters. The summed E-state index contributed by atoms with van der Waals surface area (Å²) in [6.45, 7) is 3.18. The third kappa shape index (κ3) is 5.16. The molecule has 0 spiro atoms. The molecule has 1 saturated heterocycles. The van der Waals surface area contributed by atoms with Gasteiger partial charge in [0, 0.05) is 43.6 Å². The summed E-state index contributed by atoms with van der Waals surface area (Å²) >= 11 is 0. The van der Waals surface area contributed by atoms with Crippen molar-refractivity contribution in [2.24, 2.45) is 0 Å². The highest BCUT2D eigenvalue weighted by molar-refractivity contribution is 7.92. The lowest BCUT2D eigenvalue weighted by Gasteiger charge is -2.31. The molecule has 1 aliphatic carbocycles. The first-order valence-corrected chi connectivity index (χ1v) is 12.1. The van der Waals surface area contributed by atoms with Crippen LogP contribution in [-0.4, -0.2) is 46.5 Å². The Morgan fingerprint density at radius 3 is 2.39 bits per heavy atom. The van der Waals surface area contributed by atoms with Gasteiger partial charge in [0.25, 0.3) is 15.9 Å². The fourth-order valence-corrected chi connectivity index (χ4v) is 5.17. The molecule has 1 heterocycles. The van der Waals surface area contributed by atoms with Crippen LogP contribution in [0.5, 0.6) is 0 Å². The molecule has 166 valence electrons. The van der Waals surface area contributed by atoms with Crippen LogP contribution in [0.2, 0.25) is 0 Å². The van der Waals surface area contributed by atoms with Crippen molar-refractivity contribution in [1.82, 2.24) is 10.6 Å². The molecule has 2 aromatic rings. The Morgan fingerprint density at radius 1 is 1.03 bits per heavy atom. The number of amides is 1. The van der Waals surface area contributed by atoms with Gasteiger partial charge in [-0.15, -0.1) is 0 Å². The van der Waals surface area contributed by atoms with Gasteiger partial charge >= 0.3 is 0 Å². The van der Waals surface area contributed by atoms with Crippen LogP contribution in [0.3, 0.4) is 0 Å². The highest BCUT2D eigenvalue weighted by Gasteiger charge is 2.24. The Bertz CT molecular complexity index is 1030. The van der Waals surface area contributed by atoms with Crippen LogP contribution in [-0.2, 0) is 10.0 Å². The zero-order valence-electron chi connectivity index (χ0n) is 17.2. The number of anilines is 2. The van der Waals surface area contributed by atoms with E-state index < -0.39 is 15.8 Å². The molecule has 0 bridgehead atoms. The lowest BCUT2D eigenvalue weighted by atomic mass is 10.1. The molecule has 7 nitrogen and oxygen atoms in total. The first-order chi connectivity index (χ1) is 14.9. The largest absolute Gasteiger partial charge is 0.368 e. The summed E-state index contributed by atoms with van der Waals surface area (Å²) < 4.78 is 41.1. The summed E-state index contributed by atoms with van der Waals surface area (Å²) in [5.41, 5.74) is 1.54. The standard InChI is InChI=1S/C22H27FN4O3S/c23-16-5-8-19(9-6-16)31(29,30)26-18-7-10-21(27-13-11-24-12-14-27)20(15-18)22(28)25-17-3-1-2-4-17/h5-10,15,17,24,26H,1-4,11-14H2,(H,25,28). The minimum Gasteiger partial charge on any atom is -0.368 e. The first-order valence-electron chi connectivity index (χ1n) is 10.6. The number of sulfonamides is 1. The monoisotopic (exact) mass is 446 g/mol. The number of rotatable bonds is 6. The third-order valence-corrected chi connectivity index (χ3v) is 7.16. The quantitative estimate of drug-likeness (QED) is 0.635. The highest BCUT2D eigenvalue weighted by atomic mass is 32.2. The number of nitrogens with zero attached hydrogens (tertiary/aromatic N) is 1. The predicted octanol–water partition coefficient (Wildman–Crippen LogP) is 2.71. The number of carbonyl (C=O) groups excluding carboxylic acids is 1. The molecule has 1 amide bonds. The van der Waals surface area contributed by atoms with Crippen molar-refractivity contribution in [1.29, 1.82) is 0 Å². The average molecular weight is 447 g/mol. The van der Waals surface area contributed by atoms with E-state index in [-0.39, 0.29) is 16.8 Å². The maximum Gasteiger partial charge on any atom is 0.261 e. The van der Waals surface area contributed by atoms with Gasteiger partial charge in [-0.25, -0.2) is 12.8 Å². The minimum absolute atomic E-state index is 0.0444. The summed E-state index contributed by atoms with van der Waals surface area (Å²) in [7, 11) is -3.90. The SMILES string of the molecule is O=C(NC1CCCC1)c1cc(NS(=O)(=O)c2ccc(F)cc2)ccc1N1CCNCC1. The lowest BCUT2D eigenvalue weighted by molar-refractivity contribution is 0.0938. The van der Waals surface area contributed by atoms with Crippen LogP contribution in [0.4, 0.5) is 15.8 Å². The number of carbonyl (C=O) groups is 1. The second-order valence-electron chi connectivity index (χ2n) is 7.98. The zero-order chi connectivity index (χ0) is 21.8. The molecule has 4 rings (SSSR count). The first kappa shape index (κ1) is 21.6. The number of halogens is 1. The number of nitrogens with one attached hydrogen (secondary N) is 3. The van der Waals surface area contributed by atoms with Gasteiger partial charge in [0.05, 0.1) is 10.5 Å². The van der Waals surface area contributed by atoms with E-state index in [0.29, 0.717) is 11.3 Å². The van der Waals surface area contributed by atoms with Crippen molar-refractivity contribution in [2.45, 2.75) is 36.6 Å². The van der Waals surface area contributed by atoms with Crippen LogP contribution in [0.25, 0.3) is 0 Å². The van der Waals surface area contributed by atoms with Gasteiger partial charge in [0.15, 0.2) is 0 Å². The van der Waals surface area contributed by atoms with Crippen molar-refractivity contribution in [3.8, 4) is 0 Å². The van der Waals surface area contributed by atoms with Crippen molar-refractivity contribution < 1.29 is 17.6 Å². The van der Waals surface area contributed by atoms with Crippen LogP contribution in [0.15, 0.2) is 47.4 Å². The van der Waals surface area contributed by atoms with Crippen molar-refractivity contribution in [3.05, 3.63) is 53.8 Å². The van der Waals surface area contributed by atoms with Crippen LogP contribution < -0.4 is 20.3 Å². The molecular formula is C22H27FN4O3S. The second kappa shape index (κ2) is 9.23. The molecule has 1 saturated carbocycles. The number of hydrogen-bond acceptors (Lipinski definition) is 5. The van der Waals surface area contributed by atoms with Gasteiger partial charge in [-0.3, -0.25) is 9.52 Å². The second-order valence-corrected chi connectivity index (χ2v) is 9.67. The highest BCUT2D eigenvalue weighted by Crippen LogP contribution is 2.27. The van der Waals surface area contributed by atoms with E-state index in [4.69, 9.17) is 0 Å². The Hall–Kier alpha value is -2.65. The van der Waals surface area contributed by atoms with E-state index in [2.05, 4.69) is 20.3 Å². The van der Waals surface area contributed by atoms with Crippen molar-refractivity contribution in [3.63, 3.8) is 0 Å². The van der Waals surface area contributed by atoms with E-state index in [1.165, 1.54) is 12.1 Å². The molecule has 2 fully saturated rings. The van der Waals surface area contributed by atoms with E-state index in [1.54, 1.807) is 18.2 Å². The summed E-state index contributed by atoms with van der Waals surface area (Å²) in [6, 6.07) is 9.81. The van der Waals surface area contributed by atoms with Crippen LogP contribution >= 0.6 is 0 Å². The molecule has 0 radical (unpaired) electrons. The maximum absolute atomic E-state index is 13.2. The topological polar surface area (TPSA) is 90.5 Å². The van der Waals surface area contributed by atoms with E-state index in [0.717, 1.165) is 69.7 Å². The Morgan fingerprint density at radius 2 is 1.71 bits per heavy atom. The normalized spacial score (nSPS) is 17.5. The lowest BCUT2D eigenvalue weighted by Crippen LogP contribution is -2.44. The minimum atomic E-state index is -3.90. The van der Waals surface area contributed by atoms with Crippen molar-refractivity contribution in [2.75, 3.05) is 35.8 Å². The zero-order valence-corrected chi connectivity index (χ0v) is 18.1. The summed E-state index contributed by atoms with van der Waals surface area (Å²) in [4.78, 5) is 15.2. The van der Waals surface area contributed by atoms with Gasteiger partial charge in [-0.2, -0.15) is 0 Å². The summed E-state index contributed by atoms with van der Waals surface area (Å²) in [5, 5.41) is 6.40. The molecule has 2 aliphatic rings. The molecular weight excluding hydrogens is 419 g/mol. The number of benzene rings is 2. The van der Waals surface area contributed by atoms with Crippen LogP contribution in [0.1, 0.15) is 36.0 Å². The average Bonchev–Trinajstić information content (AvgIpc) is 3.27. The maximum atomic E-state index is 13.2. The number of hydrogen-bond donors (Lipinski definition) is 3. The Kier molecular flexibility index (Phi) is 6.43. The molecule has 9 heteroatoms. The van der Waals surface area contributed by atoms with E-state index in [9.17, 15) is 17.6 Å². The predicted molar refractivity (Wildman–Crippen MR) is 118 cm³/mol. The van der Waals surface area contributed by atoms with Crippen molar-refractivity contribution >= 4 is 27.3 Å².